The maximum Gasteiger partial charge on any atom is 0.270 e. The maximum atomic E-state index is 11.8. The van der Waals surface area contributed by atoms with Gasteiger partial charge in [-0.05, 0) is 30.0 Å². The molecule has 0 atom stereocenters. The molecular formula is C15H14N2O3S. The summed E-state index contributed by atoms with van der Waals surface area (Å²) < 4.78 is 5.03. The highest BCUT2D eigenvalue weighted by Gasteiger charge is 2.09. The fourth-order valence-electron chi connectivity index (χ4n) is 1.73. The Labute approximate surface area is 126 Å². The molecule has 1 heterocycles. The maximum absolute atomic E-state index is 11.8. The van der Waals surface area contributed by atoms with Crippen molar-refractivity contribution in [3.63, 3.8) is 0 Å². The van der Waals surface area contributed by atoms with E-state index in [1.807, 2.05) is 0 Å². The fraction of sp³-hybridized carbons (Fsp3) is 0.200. The number of carbonyl (C=O) groups excluding carboxylic acids is 1. The van der Waals surface area contributed by atoms with Crippen LogP contribution in [0.1, 0.15) is 21.1 Å². The first kappa shape index (κ1) is 14.9. The number of thiazole rings is 1. The lowest BCUT2D eigenvalue weighted by Crippen LogP contribution is -2.26. The molecular weight excluding hydrogens is 288 g/mol. The average molecular weight is 302 g/mol. The Balaban J connectivity index is 1.89. The molecule has 0 fully saturated rings. The molecule has 0 saturated heterocycles. The van der Waals surface area contributed by atoms with E-state index >= 15 is 0 Å². The number of benzene rings is 1. The number of nitrogens with zero attached hydrogens (tertiary/aromatic N) is 1. The van der Waals surface area contributed by atoms with Crippen LogP contribution in [0.15, 0.2) is 23.6 Å². The van der Waals surface area contributed by atoms with Gasteiger partial charge in [0.25, 0.3) is 5.91 Å². The molecule has 21 heavy (non-hydrogen) atoms. The highest BCUT2D eigenvalue weighted by Crippen LogP contribution is 2.26. The Morgan fingerprint density at radius 1 is 1.57 bits per heavy atom. The molecule has 1 amide bonds. The number of aromatic hydroxyl groups is 1. The monoisotopic (exact) mass is 302 g/mol. The molecule has 5 nitrogen and oxygen atoms in total. The molecule has 0 spiro atoms. The predicted octanol–water partition coefficient (Wildman–Crippen LogP) is 1.81. The van der Waals surface area contributed by atoms with Crippen molar-refractivity contribution in [2.75, 3.05) is 13.7 Å². The second-order valence-corrected chi connectivity index (χ2v) is 5.05. The Morgan fingerprint density at radius 3 is 3.05 bits per heavy atom. The molecule has 0 unspecified atom stereocenters. The third kappa shape index (κ3) is 3.74. The van der Waals surface area contributed by atoms with Gasteiger partial charge in [-0.2, -0.15) is 0 Å². The van der Waals surface area contributed by atoms with E-state index in [2.05, 4.69) is 16.2 Å². The molecule has 0 aliphatic rings. The smallest absolute Gasteiger partial charge is 0.270 e. The van der Waals surface area contributed by atoms with Gasteiger partial charge in [-0.3, -0.25) is 4.79 Å². The molecule has 2 N–H and O–H groups in total. The van der Waals surface area contributed by atoms with Crippen LogP contribution in [0.5, 0.6) is 11.5 Å². The molecule has 0 aliphatic carbocycles. The zero-order valence-electron chi connectivity index (χ0n) is 11.4. The third-order valence-corrected chi connectivity index (χ3v) is 3.58. The second kappa shape index (κ2) is 6.77. The molecule has 0 saturated carbocycles. The number of ether oxygens (including phenoxy) is 1. The summed E-state index contributed by atoms with van der Waals surface area (Å²) in [5, 5.41) is 14.4. The molecule has 0 bridgehead atoms. The minimum atomic E-state index is -0.251. The molecule has 1 aromatic carbocycles. The summed E-state index contributed by atoms with van der Waals surface area (Å²) in [4.78, 5) is 15.9. The summed E-state index contributed by atoms with van der Waals surface area (Å²) >= 11 is 1.26. The quantitative estimate of drug-likeness (QED) is 0.826. The molecule has 0 radical (unpaired) electrons. The zero-order valence-corrected chi connectivity index (χ0v) is 12.2. The topological polar surface area (TPSA) is 71.5 Å². The van der Waals surface area contributed by atoms with Gasteiger partial charge in [0.2, 0.25) is 0 Å². The van der Waals surface area contributed by atoms with E-state index in [1.165, 1.54) is 18.4 Å². The van der Waals surface area contributed by atoms with Crippen LogP contribution in [0.25, 0.3) is 0 Å². The van der Waals surface area contributed by atoms with Crippen LogP contribution in [0.2, 0.25) is 0 Å². The second-order valence-electron chi connectivity index (χ2n) is 4.19. The van der Waals surface area contributed by atoms with E-state index in [-0.39, 0.29) is 11.7 Å². The van der Waals surface area contributed by atoms with Crippen LogP contribution in [-0.4, -0.2) is 29.7 Å². The summed E-state index contributed by atoms with van der Waals surface area (Å²) in [5.74, 6) is 2.65. The number of hydrogen-bond acceptors (Lipinski definition) is 5. The Morgan fingerprint density at radius 2 is 2.38 bits per heavy atom. The summed E-state index contributed by atoms with van der Waals surface area (Å²) in [5.41, 5.74) is 1.28. The standard InChI is InChI=1S/C15H14N2O3S/c1-3-14-17-11(9-21-14)15(19)16-7-6-10-4-5-12(18)13(8-10)20-2/h1,4-5,8-9,18H,6-7H2,2H3,(H,16,19). The van der Waals surface area contributed by atoms with Gasteiger partial charge in [0.15, 0.2) is 16.5 Å². The highest BCUT2D eigenvalue weighted by molar-refractivity contribution is 7.10. The lowest BCUT2D eigenvalue weighted by atomic mass is 10.1. The Kier molecular flexibility index (Phi) is 4.80. The van der Waals surface area contributed by atoms with Crippen molar-refractivity contribution in [1.82, 2.24) is 10.3 Å². The summed E-state index contributed by atoms with van der Waals surface area (Å²) in [7, 11) is 1.49. The number of phenolic OH excluding ortho intramolecular Hbond substituents is 1. The van der Waals surface area contributed by atoms with Crippen LogP contribution in [-0.2, 0) is 6.42 Å². The minimum Gasteiger partial charge on any atom is -0.504 e. The minimum absolute atomic E-state index is 0.0922. The number of hydrogen-bond donors (Lipinski definition) is 2. The van der Waals surface area contributed by atoms with Crippen LogP contribution in [0.4, 0.5) is 0 Å². The van der Waals surface area contributed by atoms with Crippen molar-refractivity contribution in [3.8, 4) is 23.8 Å². The molecule has 6 heteroatoms. The lowest BCUT2D eigenvalue weighted by molar-refractivity contribution is 0.0950. The number of rotatable bonds is 5. The van der Waals surface area contributed by atoms with Gasteiger partial charge in [-0.15, -0.1) is 17.8 Å². The SMILES string of the molecule is C#Cc1nc(C(=O)NCCc2ccc(O)c(OC)c2)cs1. The normalized spacial score (nSPS) is 9.90. The van der Waals surface area contributed by atoms with E-state index in [0.717, 1.165) is 5.56 Å². The van der Waals surface area contributed by atoms with Crippen LogP contribution in [0, 0.1) is 12.3 Å². The van der Waals surface area contributed by atoms with Gasteiger partial charge in [0.1, 0.15) is 5.69 Å². The van der Waals surface area contributed by atoms with Gasteiger partial charge in [-0.25, -0.2) is 4.98 Å². The van der Waals surface area contributed by atoms with Crippen molar-refractivity contribution in [2.24, 2.45) is 0 Å². The van der Waals surface area contributed by atoms with E-state index in [0.29, 0.717) is 29.4 Å². The van der Waals surface area contributed by atoms with Crippen LogP contribution in [0.3, 0.4) is 0 Å². The number of phenols is 1. The zero-order chi connectivity index (χ0) is 15.2. The van der Waals surface area contributed by atoms with Gasteiger partial charge in [-0.1, -0.05) is 6.07 Å². The van der Waals surface area contributed by atoms with E-state index in [1.54, 1.807) is 23.6 Å². The van der Waals surface area contributed by atoms with E-state index in [9.17, 15) is 9.90 Å². The first-order valence-corrected chi connectivity index (χ1v) is 7.08. The molecule has 1 aromatic heterocycles. The fourth-order valence-corrected chi connectivity index (χ4v) is 2.33. The highest BCUT2D eigenvalue weighted by atomic mass is 32.1. The number of carbonyl (C=O) groups is 1. The number of aromatic nitrogens is 1. The summed E-state index contributed by atoms with van der Waals surface area (Å²) in [6.07, 6.45) is 5.83. The number of terminal acetylenes is 1. The summed E-state index contributed by atoms with van der Waals surface area (Å²) in [6.45, 7) is 0.454. The molecule has 2 aromatic rings. The Bertz CT molecular complexity index is 688. The van der Waals surface area contributed by atoms with Crippen molar-refractivity contribution in [3.05, 3.63) is 39.8 Å². The van der Waals surface area contributed by atoms with Gasteiger partial charge in [0, 0.05) is 11.9 Å². The first-order valence-electron chi connectivity index (χ1n) is 6.20. The third-order valence-electron chi connectivity index (χ3n) is 2.80. The number of nitrogens with one attached hydrogen (secondary N) is 1. The first-order chi connectivity index (χ1) is 10.1. The van der Waals surface area contributed by atoms with Crippen molar-refractivity contribution in [1.29, 1.82) is 0 Å². The van der Waals surface area contributed by atoms with Crippen LogP contribution < -0.4 is 10.1 Å². The van der Waals surface area contributed by atoms with Crippen molar-refractivity contribution >= 4 is 17.2 Å². The molecule has 2 rings (SSSR count). The van der Waals surface area contributed by atoms with Gasteiger partial charge in [0.05, 0.1) is 7.11 Å². The molecule has 108 valence electrons. The van der Waals surface area contributed by atoms with E-state index in [4.69, 9.17) is 11.2 Å². The van der Waals surface area contributed by atoms with Gasteiger partial charge < -0.3 is 15.2 Å². The predicted molar refractivity (Wildman–Crippen MR) is 80.7 cm³/mol. The van der Waals surface area contributed by atoms with Gasteiger partial charge >= 0.3 is 0 Å². The Hall–Kier alpha value is -2.52. The number of methoxy groups -OCH3 is 1. The largest absolute Gasteiger partial charge is 0.504 e. The lowest BCUT2D eigenvalue weighted by Gasteiger charge is -2.07. The molecule has 0 aliphatic heterocycles. The number of amides is 1. The average Bonchev–Trinajstić information content (AvgIpc) is 2.98. The van der Waals surface area contributed by atoms with Crippen molar-refractivity contribution in [2.45, 2.75) is 6.42 Å². The summed E-state index contributed by atoms with van der Waals surface area (Å²) in [6, 6.07) is 5.08. The van der Waals surface area contributed by atoms with E-state index < -0.39 is 0 Å². The van der Waals surface area contributed by atoms with Crippen molar-refractivity contribution < 1.29 is 14.6 Å². The van der Waals surface area contributed by atoms with Crippen LogP contribution >= 0.6 is 11.3 Å².